The van der Waals surface area contributed by atoms with E-state index in [0.29, 0.717) is 22.7 Å². The third-order valence-corrected chi connectivity index (χ3v) is 6.10. The molecule has 8 heteroatoms. The number of benzene rings is 3. The summed E-state index contributed by atoms with van der Waals surface area (Å²) in [5.41, 5.74) is 4.37. The van der Waals surface area contributed by atoms with Gasteiger partial charge in [-0.2, -0.15) is 0 Å². The van der Waals surface area contributed by atoms with Crippen LogP contribution in [0, 0.1) is 6.92 Å². The van der Waals surface area contributed by atoms with E-state index in [4.69, 9.17) is 0 Å². The standard InChI is InChI=1S/C24H20N6OS/c1-16-9-11-17(12-10-16)13-30-23-22(28-29-30)24(26-15-25-23)32-14-21(31)27-20-8-4-6-18-5-2-3-7-19(18)20/h2-12,15H,13-14H2,1H3,(H,27,31). The van der Waals surface area contributed by atoms with Gasteiger partial charge in [0.2, 0.25) is 5.91 Å². The minimum Gasteiger partial charge on any atom is -0.325 e. The van der Waals surface area contributed by atoms with Crippen LogP contribution in [-0.4, -0.2) is 36.6 Å². The van der Waals surface area contributed by atoms with Crippen LogP contribution >= 0.6 is 11.8 Å². The number of hydrogen-bond acceptors (Lipinski definition) is 6. The number of aromatic nitrogens is 5. The molecule has 5 aromatic rings. The van der Waals surface area contributed by atoms with Gasteiger partial charge >= 0.3 is 0 Å². The molecular formula is C24H20N6OS. The molecule has 0 unspecified atom stereocenters. The van der Waals surface area contributed by atoms with E-state index in [1.165, 1.54) is 23.7 Å². The molecule has 1 amide bonds. The SMILES string of the molecule is Cc1ccc(Cn2nnc3c(SCC(=O)Nc4cccc5ccccc45)ncnc32)cc1. The van der Waals surface area contributed by atoms with Gasteiger partial charge in [0, 0.05) is 11.1 Å². The Morgan fingerprint density at radius 1 is 1.00 bits per heavy atom. The maximum absolute atomic E-state index is 12.6. The van der Waals surface area contributed by atoms with Crippen molar-refractivity contribution in [3.63, 3.8) is 0 Å². The minimum atomic E-state index is -0.106. The van der Waals surface area contributed by atoms with E-state index in [9.17, 15) is 4.79 Å². The summed E-state index contributed by atoms with van der Waals surface area (Å²) in [7, 11) is 0. The van der Waals surface area contributed by atoms with Crippen molar-refractivity contribution in [1.29, 1.82) is 0 Å². The minimum absolute atomic E-state index is 0.106. The van der Waals surface area contributed by atoms with Gasteiger partial charge in [0.1, 0.15) is 11.4 Å². The lowest BCUT2D eigenvalue weighted by Crippen LogP contribution is -2.14. The van der Waals surface area contributed by atoms with Crippen LogP contribution in [0.5, 0.6) is 0 Å². The first-order valence-electron chi connectivity index (χ1n) is 10.2. The molecule has 0 saturated carbocycles. The zero-order valence-electron chi connectivity index (χ0n) is 17.4. The highest BCUT2D eigenvalue weighted by Gasteiger charge is 2.14. The summed E-state index contributed by atoms with van der Waals surface area (Å²) in [6, 6.07) is 22.1. The molecule has 0 spiro atoms. The lowest BCUT2D eigenvalue weighted by molar-refractivity contribution is -0.113. The fraction of sp³-hybridized carbons (Fsp3) is 0.125. The predicted molar refractivity (Wildman–Crippen MR) is 127 cm³/mol. The van der Waals surface area contributed by atoms with Crippen molar-refractivity contribution in [2.75, 3.05) is 11.1 Å². The second-order valence-corrected chi connectivity index (χ2v) is 8.41. The van der Waals surface area contributed by atoms with Gasteiger partial charge in [-0.1, -0.05) is 83.2 Å². The zero-order valence-corrected chi connectivity index (χ0v) is 18.2. The first-order valence-corrected chi connectivity index (χ1v) is 11.2. The Labute approximate surface area is 188 Å². The van der Waals surface area contributed by atoms with E-state index in [1.54, 1.807) is 4.68 Å². The molecule has 7 nitrogen and oxygen atoms in total. The topological polar surface area (TPSA) is 85.6 Å². The van der Waals surface area contributed by atoms with Crippen LogP contribution in [0.15, 0.2) is 78.1 Å². The molecule has 0 aliphatic carbocycles. The molecule has 0 radical (unpaired) electrons. The lowest BCUT2D eigenvalue weighted by atomic mass is 10.1. The molecule has 1 N–H and O–H groups in total. The van der Waals surface area contributed by atoms with Gasteiger partial charge in [-0.3, -0.25) is 4.79 Å². The Morgan fingerprint density at radius 2 is 1.81 bits per heavy atom. The molecule has 5 rings (SSSR count). The first kappa shape index (κ1) is 20.1. The van der Waals surface area contributed by atoms with Gasteiger partial charge in [-0.25, -0.2) is 14.6 Å². The molecule has 0 saturated heterocycles. The van der Waals surface area contributed by atoms with Gasteiger partial charge in [0.15, 0.2) is 11.2 Å². The highest BCUT2D eigenvalue weighted by atomic mass is 32.2. The number of nitrogens with one attached hydrogen (secondary N) is 1. The number of amides is 1. The zero-order chi connectivity index (χ0) is 21.9. The number of fused-ring (bicyclic) bond motifs is 2. The Hall–Kier alpha value is -3.78. The van der Waals surface area contributed by atoms with Crippen molar-refractivity contribution in [3.05, 3.63) is 84.2 Å². The number of rotatable bonds is 6. The average Bonchev–Trinajstić information content (AvgIpc) is 3.23. The number of nitrogens with zero attached hydrogens (tertiary/aromatic N) is 5. The second-order valence-electron chi connectivity index (χ2n) is 7.45. The summed E-state index contributed by atoms with van der Waals surface area (Å²) >= 11 is 1.33. The fourth-order valence-electron chi connectivity index (χ4n) is 3.50. The summed E-state index contributed by atoms with van der Waals surface area (Å²) in [4.78, 5) is 21.3. The third-order valence-electron chi connectivity index (χ3n) is 5.12. The quantitative estimate of drug-likeness (QED) is 0.310. The van der Waals surface area contributed by atoms with E-state index in [2.05, 4.69) is 56.8 Å². The molecule has 0 aliphatic rings. The third kappa shape index (κ3) is 4.17. The van der Waals surface area contributed by atoms with Crippen LogP contribution in [0.3, 0.4) is 0 Å². The Morgan fingerprint density at radius 3 is 2.69 bits per heavy atom. The summed E-state index contributed by atoms with van der Waals surface area (Å²) in [5, 5.41) is 14.3. The molecule has 0 fully saturated rings. The normalized spacial score (nSPS) is 11.2. The van der Waals surface area contributed by atoms with Crippen LogP contribution in [0.2, 0.25) is 0 Å². The van der Waals surface area contributed by atoms with Crippen LogP contribution in [0.4, 0.5) is 5.69 Å². The van der Waals surface area contributed by atoms with Gasteiger partial charge in [0.05, 0.1) is 12.3 Å². The molecule has 158 valence electrons. The summed E-state index contributed by atoms with van der Waals surface area (Å²) in [6.07, 6.45) is 1.49. The van der Waals surface area contributed by atoms with E-state index in [-0.39, 0.29) is 11.7 Å². The van der Waals surface area contributed by atoms with Crippen molar-refractivity contribution in [1.82, 2.24) is 25.0 Å². The second kappa shape index (κ2) is 8.76. The van der Waals surface area contributed by atoms with Crippen LogP contribution in [0.1, 0.15) is 11.1 Å². The van der Waals surface area contributed by atoms with Crippen molar-refractivity contribution in [3.8, 4) is 0 Å². The summed E-state index contributed by atoms with van der Waals surface area (Å²) in [6.45, 7) is 2.63. The molecule has 3 aromatic carbocycles. The Kier molecular flexibility index (Phi) is 5.51. The van der Waals surface area contributed by atoms with Crippen LogP contribution in [0.25, 0.3) is 21.9 Å². The number of carbonyl (C=O) groups excluding carboxylic acids is 1. The average molecular weight is 441 g/mol. The maximum Gasteiger partial charge on any atom is 0.234 e. The van der Waals surface area contributed by atoms with E-state index in [1.807, 2.05) is 42.5 Å². The Balaban J connectivity index is 1.30. The van der Waals surface area contributed by atoms with E-state index >= 15 is 0 Å². The van der Waals surface area contributed by atoms with Gasteiger partial charge < -0.3 is 5.32 Å². The van der Waals surface area contributed by atoms with Gasteiger partial charge in [-0.05, 0) is 23.9 Å². The largest absolute Gasteiger partial charge is 0.325 e. The predicted octanol–water partition coefficient (Wildman–Crippen LogP) is 4.46. The number of carbonyl (C=O) groups is 1. The lowest BCUT2D eigenvalue weighted by Gasteiger charge is -2.08. The van der Waals surface area contributed by atoms with Gasteiger partial charge in [0.25, 0.3) is 0 Å². The molecule has 0 atom stereocenters. The van der Waals surface area contributed by atoms with Crippen LogP contribution < -0.4 is 5.32 Å². The number of thioether (sulfide) groups is 1. The van der Waals surface area contributed by atoms with Gasteiger partial charge in [-0.15, -0.1) is 5.10 Å². The number of hydrogen-bond donors (Lipinski definition) is 1. The van der Waals surface area contributed by atoms with Crippen molar-refractivity contribution in [2.45, 2.75) is 18.5 Å². The fourth-order valence-corrected chi connectivity index (χ4v) is 4.24. The van der Waals surface area contributed by atoms with Crippen molar-refractivity contribution < 1.29 is 4.79 Å². The molecule has 0 bridgehead atoms. The Bertz CT molecular complexity index is 1410. The van der Waals surface area contributed by atoms with E-state index in [0.717, 1.165) is 22.0 Å². The number of anilines is 1. The van der Waals surface area contributed by atoms with Crippen LogP contribution in [-0.2, 0) is 11.3 Å². The van der Waals surface area contributed by atoms with E-state index < -0.39 is 0 Å². The maximum atomic E-state index is 12.6. The first-order chi connectivity index (χ1) is 15.7. The van der Waals surface area contributed by atoms with Crippen molar-refractivity contribution in [2.24, 2.45) is 0 Å². The van der Waals surface area contributed by atoms with Crippen molar-refractivity contribution >= 4 is 45.3 Å². The highest BCUT2D eigenvalue weighted by Crippen LogP contribution is 2.25. The molecular weight excluding hydrogens is 420 g/mol. The molecule has 2 heterocycles. The molecule has 32 heavy (non-hydrogen) atoms. The number of aryl methyl sites for hydroxylation is 1. The summed E-state index contributed by atoms with van der Waals surface area (Å²) in [5.74, 6) is 0.102. The molecule has 2 aromatic heterocycles. The highest BCUT2D eigenvalue weighted by molar-refractivity contribution is 8.00. The smallest absolute Gasteiger partial charge is 0.234 e. The molecule has 0 aliphatic heterocycles. The summed E-state index contributed by atoms with van der Waals surface area (Å²) < 4.78 is 1.75. The monoisotopic (exact) mass is 440 g/mol.